The fraction of sp³-hybridized carbons (Fsp3) is 0.0625. The summed E-state index contributed by atoms with van der Waals surface area (Å²) in [5.74, 6) is -0.636. The fourth-order valence-electron chi connectivity index (χ4n) is 2.75. The summed E-state index contributed by atoms with van der Waals surface area (Å²) in [5.41, 5.74) is 1.10. The molecule has 5 nitrogen and oxygen atoms in total. The number of nitrogens with one attached hydrogen (secondary N) is 1. The number of hydrogen-bond donors (Lipinski definition) is 1. The van der Waals surface area contributed by atoms with Crippen molar-refractivity contribution in [1.82, 2.24) is 19.7 Å². The van der Waals surface area contributed by atoms with E-state index in [-0.39, 0.29) is 16.1 Å². The quantitative estimate of drug-likeness (QED) is 0.556. The zero-order chi connectivity index (χ0) is 17.0. The second-order valence-electron chi connectivity index (χ2n) is 5.37. The van der Waals surface area contributed by atoms with Gasteiger partial charge in [-0.05, 0) is 36.8 Å². The highest BCUT2D eigenvalue weighted by molar-refractivity contribution is 6.35. The number of nitrogens with zero attached hydrogens (tertiary/aromatic N) is 3. The standard InChI is InChI=1S/C16H9Cl2FN4O/c1-7-6-20-22-14-9(7)5-11-15(13(14)19)23(16(24)21-11)12-3-2-8(17)4-10(12)18/h2-6H,1H3,(H,21,24). The molecule has 0 saturated carbocycles. The number of benzene rings is 2. The van der Waals surface area contributed by atoms with E-state index in [0.717, 1.165) is 5.56 Å². The summed E-state index contributed by atoms with van der Waals surface area (Å²) in [6.07, 6.45) is 1.54. The second kappa shape index (κ2) is 5.29. The van der Waals surface area contributed by atoms with Crippen LogP contribution in [0.1, 0.15) is 5.56 Å². The van der Waals surface area contributed by atoms with Crippen molar-refractivity contribution in [3.05, 3.63) is 62.4 Å². The smallest absolute Gasteiger partial charge is 0.305 e. The largest absolute Gasteiger partial charge is 0.331 e. The van der Waals surface area contributed by atoms with Gasteiger partial charge in [-0.15, -0.1) is 5.10 Å². The van der Waals surface area contributed by atoms with Gasteiger partial charge in [-0.3, -0.25) is 4.57 Å². The highest BCUT2D eigenvalue weighted by atomic mass is 35.5. The van der Waals surface area contributed by atoms with Gasteiger partial charge in [-0.2, -0.15) is 5.10 Å². The van der Waals surface area contributed by atoms with Crippen molar-refractivity contribution in [3.63, 3.8) is 0 Å². The molecule has 1 N–H and O–H groups in total. The Morgan fingerprint density at radius 2 is 2.04 bits per heavy atom. The average Bonchev–Trinajstić information content (AvgIpc) is 2.85. The number of aromatic nitrogens is 4. The van der Waals surface area contributed by atoms with E-state index in [0.29, 0.717) is 21.6 Å². The summed E-state index contributed by atoms with van der Waals surface area (Å²) in [6.45, 7) is 1.80. The molecule has 0 radical (unpaired) electrons. The maximum absolute atomic E-state index is 15.1. The summed E-state index contributed by atoms with van der Waals surface area (Å²) in [5, 5.41) is 8.90. The maximum Gasteiger partial charge on any atom is 0.331 e. The van der Waals surface area contributed by atoms with E-state index >= 15 is 4.39 Å². The summed E-state index contributed by atoms with van der Waals surface area (Å²) >= 11 is 12.1. The van der Waals surface area contributed by atoms with Crippen molar-refractivity contribution < 1.29 is 4.39 Å². The minimum absolute atomic E-state index is 0.0663. The van der Waals surface area contributed by atoms with Crippen molar-refractivity contribution >= 4 is 45.1 Å². The van der Waals surface area contributed by atoms with Crippen LogP contribution in [-0.4, -0.2) is 19.7 Å². The van der Waals surface area contributed by atoms with Gasteiger partial charge in [-0.1, -0.05) is 23.2 Å². The predicted octanol–water partition coefficient (Wildman–Crippen LogP) is 4.02. The first-order valence-electron chi connectivity index (χ1n) is 6.98. The average molecular weight is 363 g/mol. The summed E-state index contributed by atoms with van der Waals surface area (Å²) in [4.78, 5) is 15.1. The van der Waals surface area contributed by atoms with Gasteiger partial charge in [0, 0.05) is 10.4 Å². The van der Waals surface area contributed by atoms with Crippen molar-refractivity contribution in [2.24, 2.45) is 0 Å². The third-order valence-corrected chi connectivity index (χ3v) is 4.41. The molecule has 2 aromatic heterocycles. The number of H-pyrrole nitrogens is 1. The van der Waals surface area contributed by atoms with Crippen molar-refractivity contribution in [3.8, 4) is 5.69 Å². The maximum atomic E-state index is 15.1. The molecule has 24 heavy (non-hydrogen) atoms. The number of aryl methyl sites for hydroxylation is 1. The van der Waals surface area contributed by atoms with Gasteiger partial charge in [0.05, 0.1) is 22.4 Å². The Bertz CT molecular complexity index is 1180. The third-order valence-electron chi connectivity index (χ3n) is 3.87. The van der Waals surface area contributed by atoms with E-state index in [2.05, 4.69) is 15.2 Å². The van der Waals surface area contributed by atoms with Crippen LogP contribution < -0.4 is 5.69 Å². The Balaban J connectivity index is 2.18. The SMILES string of the molecule is Cc1cnnc2c(F)c3c(cc12)[nH]c(=O)n3-c1ccc(Cl)cc1Cl. The van der Waals surface area contributed by atoms with Crippen LogP contribution in [0.25, 0.3) is 27.6 Å². The molecule has 120 valence electrons. The number of rotatable bonds is 1. The highest BCUT2D eigenvalue weighted by Crippen LogP contribution is 2.30. The molecule has 0 saturated heterocycles. The molecule has 4 aromatic rings. The van der Waals surface area contributed by atoms with E-state index in [1.807, 2.05) is 0 Å². The van der Waals surface area contributed by atoms with Gasteiger partial charge in [0.25, 0.3) is 0 Å². The van der Waals surface area contributed by atoms with Crippen LogP contribution in [0, 0.1) is 12.7 Å². The summed E-state index contributed by atoms with van der Waals surface area (Å²) in [6, 6.07) is 6.31. The van der Waals surface area contributed by atoms with Gasteiger partial charge in [0.1, 0.15) is 11.0 Å². The molecule has 2 aromatic carbocycles. The zero-order valence-corrected chi connectivity index (χ0v) is 13.8. The molecule has 0 amide bonds. The molecule has 0 aliphatic carbocycles. The Morgan fingerprint density at radius 1 is 1.25 bits per heavy atom. The van der Waals surface area contributed by atoms with Crippen LogP contribution in [0.3, 0.4) is 0 Å². The summed E-state index contributed by atoms with van der Waals surface area (Å²) < 4.78 is 16.2. The molecule has 0 spiro atoms. The van der Waals surface area contributed by atoms with Crippen LogP contribution in [0.4, 0.5) is 4.39 Å². The zero-order valence-electron chi connectivity index (χ0n) is 12.3. The second-order valence-corrected chi connectivity index (χ2v) is 6.22. The lowest BCUT2D eigenvalue weighted by Gasteiger charge is -2.08. The lowest BCUT2D eigenvalue weighted by Crippen LogP contribution is -2.15. The van der Waals surface area contributed by atoms with Gasteiger partial charge in [0.2, 0.25) is 0 Å². The molecular weight excluding hydrogens is 354 g/mol. The van der Waals surface area contributed by atoms with Crippen LogP contribution >= 0.6 is 23.2 Å². The fourth-order valence-corrected chi connectivity index (χ4v) is 3.24. The number of halogens is 3. The van der Waals surface area contributed by atoms with Gasteiger partial charge in [0.15, 0.2) is 5.82 Å². The normalized spacial score (nSPS) is 11.5. The Hall–Kier alpha value is -2.44. The first-order valence-corrected chi connectivity index (χ1v) is 7.73. The summed E-state index contributed by atoms with van der Waals surface area (Å²) in [7, 11) is 0. The Morgan fingerprint density at radius 3 is 2.79 bits per heavy atom. The van der Waals surface area contributed by atoms with Crippen LogP contribution in [0.2, 0.25) is 10.0 Å². The first-order chi connectivity index (χ1) is 11.5. The molecule has 0 bridgehead atoms. The lowest BCUT2D eigenvalue weighted by molar-refractivity contribution is 0.641. The number of hydrogen-bond acceptors (Lipinski definition) is 3. The lowest BCUT2D eigenvalue weighted by atomic mass is 10.1. The van der Waals surface area contributed by atoms with E-state index in [1.54, 1.807) is 31.3 Å². The van der Waals surface area contributed by atoms with Crippen molar-refractivity contribution in [2.75, 3.05) is 0 Å². The molecule has 0 atom stereocenters. The molecule has 4 rings (SSSR count). The Labute approximate surface area is 144 Å². The molecule has 0 fully saturated rings. The molecule has 0 aliphatic rings. The third kappa shape index (κ3) is 2.11. The highest BCUT2D eigenvalue weighted by Gasteiger charge is 2.19. The van der Waals surface area contributed by atoms with Gasteiger partial charge >= 0.3 is 5.69 Å². The van der Waals surface area contributed by atoms with E-state index in [1.165, 1.54) is 10.6 Å². The Kier molecular flexibility index (Phi) is 3.33. The van der Waals surface area contributed by atoms with Crippen molar-refractivity contribution in [2.45, 2.75) is 6.92 Å². The van der Waals surface area contributed by atoms with E-state index < -0.39 is 11.5 Å². The molecule has 2 heterocycles. The van der Waals surface area contributed by atoms with E-state index in [9.17, 15) is 4.79 Å². The topological polar surface area (TPSA) is 63.6 Å². The van der Waals surface area contributed by atoms with Crippen LogP contribution in [0.15, 0.2) is 35.3 Å². The van der Waals surface area contributed by atoms with Crippen molar-refractivity contribution in [1.29, 1.82) is 0 Å². The number of fused-ring (bicyclic) bond motifs is 2. The minimum atomic E-state index is -0.636. The molecule has 8 heteroatoms. The van der Waals surface area contributed by atoms with E-state index in [4.69, 9.17) is 23.2 Å². The minimum Gasteiger partial charge on any atom is -0.305 e. The molecular formula is C16H9Cl2FN4O. The predicted molar refractivity (Wildman–Crippen MR) is 91.7 cm³/mol. The van der Waals surface area contributed by atoms with Gasteiger partial charge in [-0.25, -0.2) is 9.18 Å². The van der Waals surface area contributed by atoms with Crippen LogP contribution in [-0.2, 0) is 0 Å². The molecule has 0 aliphatic heterocycles. The molecule has 0 unspecified atom stereocenters. The number of imidazole rings is 1. The van der Waals surface area contributed by atoms with Crippen LogP contribution in [0.5, 0.6) is 0 Å². The number of aromatic amines is 1. The first kappa shape index (κ1) is 15.1. The monoisotopic (exact) mass is 362 g/mol. The van der Waals surface area contributed by atoms with Gasteiger partial charge < -0.3 is 4.98 Å².